The highest BCUT2D eigenvalue weighted by Crippen LogP contribution is 2.31. The standard InChI is InChI=1S/C32H25Cl2N3O3S/c1-3-40-31(39)28-19(2)35-32-37(29(28)20-9-5-4-6-10-20)30(38)27(41-32)15-22-18-36(26-12-8-7-11-24(22)26)17-21-13-14-23(33)16-25(21)34/h4-16,18,29H,3,17H2,1-2H3/b27-15+. The molecule has 3 aromatic carbocycles. The van der Waals surface area contributed by atoms with Gasteiger partial charge in [-0.25, -0.2) is 9.79 Å². The maximum absolute atomic E-state index is 14.0. The third kappa shape index (κ3) is 5.05. The number of rotatable bonds is 6. The molecule has 0 spiro atoms. The maximum atomic E-state index is 14.0. The molecule has 1 unspecified atom stereocenters. The highest BCUT2D eigenvalue weighted by Gasteiger charge is 2.33. The normalized spacial score (nSPS) is 15.2. The first-order valence-electron chi connectivity index (χ1n) is 13.1. The number of carbonyl (C=O) groups is 1. The zero-order chi connectivity index (χ0) is 28.7. The lowest BCUT2D eigenvalue weighted by molar-refractivity contribution is -0.139. The minimum atomic E-state index is -0.637. The van der Waals surface area contributed by atoms with Crippen LogP contribution < -0.4 is 14.9 Å². The number of carbonyl (C=O) groups excluding carboxylic acids is 1. The van der Waals surface area contributed by atoms with Gasteiger partial charge in [0.1, 0.15) is 0 Å². The number of hydrogen-bond donors (Lipinski definition) is 0. The minimum Gasteiger partial charge on any atom is -0.463 e. The van der Waals surface area contributed by atoms with Crippen LogP contribution in [0.1, 0.15) is 36.6 Å². The number of thiazole rings is 1. The molecule has 0 saturated carbocycles. The fourth-order valence-corrected chi connectivity index (χ4v) is 6.74. The first kappa shape index (κ1) is 27.3. The summed E-state index contributed by atoms with van der Waals surface area (Å²) in [5.74, 6) is -0.471. The summed E-state index contributed by atoms with van der Waals surface area (Å²) >= 11 is 13.9. The molecule has 5 aromatic rings. The number of halogens is 2. The summed E-state index contributed by atoms with van der Waals surface area (Å²) in [5, 5.41) is 2.19. The molecule has 0 bridgehead atoms. The van der Waals surface area contributed by atoms with E-state index in [1.165, 1.54) is 11.3 Å². The molecule has 41 heavy (non-hydrogen) atoms. The van der Waals surface area contributed by atoms with Crippen LogP contribution in [0.15, 0.2) is 100 Å². The van der Waals surface area contributed by atoms with E-state index in [-0.39, 0.29) is 12.2 Å². The Bertz CT molecular complexity index is 2020. The van der Waals surface area contributed by atoms with E-state index in [4.69, 9.17) is 27.9 Å². The molecule has 0 N–H and O–H groups in total. The zero-order valence-electron chi connectivity index (χ0n) is 22.3. The van der Waals surface area contributed by atoms with Crippen molar-refractivity contribution < 1.29 is 9.53 Å². The van der Waals surface area contributed by atoms with Crippen LogP contribution in [0.2, 0.25) is 10.0 Å². The lowest BCUT2D eigenvalue weighted by Gasteiger charge is -2.24. The van der Waals surface area contributed by atoms with Crippen LogP contribution in [-0.2, 0) is 16.1 Å². The van der Waals surface area contributed by atoms with Crippen LogP contribution >= 0.6 is 34.5 Å². The number of esters is 1. The van der Waals surface area contributed by atoms with E-state index in [1.807, 2.05) is 79.0 Å². The Hall–Kier alpha value is -3.91. The lowest BCUT2D eigenvalue weighted by Crippen LogP contribution is -2.39. The SMILES string of the molecule is CCOC(=O)C1=C(C)N=c2s/c(=C/c3cn(Cc4ccc(Cl)cc4Cl)c4ccccc34)c(=O)n2C1c1ccccc1. The third-order valence-electron chi connectivity index (χ3n) is 7.09. The van der Waals surface area contributed by atoms with Crippen molar-refractivity contribution in [1.82, 2.24) is 9.13 Å². The third-order valence-corrected chi connectivity index (χ3v) is 8.66. The molecule has 6 nitrogen and oxygen atoms in total. The second-order valence-corrected chi connectivity index (χ2v) is 11.5. The molecule has 0 amide bonds. The Morgan fingerprint density at radius 1 is 1.07 bits per heavy atom. The fraction of sp³-hybridized carbons (Fsp3) is 0.156. The highest BCUT2D eigenvalue weighted by molar-refractivity contribution is 7.07. The van der Waals surface area contributed by atoms with Crippen molar-refractivity contribution in [1.29, 1.82) is 0 Å². The van der Waals surface area contributed by atoms with Crippen LogP contribution in [0.5, 0.6) is 0 Å². The van der Waals surface area contributed by atoms with Crippen molar-refractivity contribution in [3.63, 3.8) is 0 Å². The topological polar surface area (TPSA) is 65.6 Å². The second kappa shape index (κ2) is 11.2. The van der Waals surface area contributed by atoms with Gasteiger partial charge in [-0.3, -0.25) is 9.36 Å². The number of ether oxygens (including phenoxy) is 1. The summed E-state index contributed by atoms with van der Waals surface area (Å²) in [6.07, 6.45) is 3.93. The first-order chi connectivity index (χ1) is 19.9. The molecular weight excluding hydrogens is 577 g/mol. The van der Waals surface area contributed by atoms with Gasteiger partial charge >= 0.3 is 5.97 Å². The summed E-state index contributed by atoms with van der Waals surface area (Å²) in [6, 6.07) is 22.4. The van der Waals surface area contributed by atoms with Gasteiger partial charge in [-0.1, -0.05) is 89.1 Å². The summed E-state index contributed by atoms with van der Waals surface area (Å²) in [5.41, 5.74) is 4.36. The Kier molecular flexibility index (Phi) is 7.43. The zero-order valence-corrected chi connectivity index (χ0v) is 24.6. The fourth-order valence-electron chi connectivity index (χ4n) is 5.24. The predicted octanol–water partition coefficient (Wildman–Crippen LogP) is 6.11. The molecule has 206 valence electrons. The summed E-state index contributed by atoms with van der Waals surface area (Å²) in [7, 11) is 0. The van der Waals surface area contributed by atoms with E-state index >= 15 is 0 Å². The summed E-state index contributed by atoms with van der Waals surface area (Å²) < 4.78 is 9.63. The Morgan fingerprint density at radius 2 is 1.83 bits per heavy atom. The molecule has 6 rings (SSSR count). The monoisotopic (exact) mass is 601 g/mol. The van der Waals surface area contributed by atoms with Crippen molar-refractivity contribution >= 4 is 57.5 Å². The van der Waals surface area contributed by atoms with Crippen LogP contribution in [0.4, 0.5) is 0 Å². The molecule has 0 saturated heterocycles. The van der Waals surface area contributed by atoms with Gasteiger partial charge in [0.05, 0.1) is 28.5 Å². The number of hydrogen-bond acceptors (Lipinski definition) is 5. The predicted molar refractivity (Wildman–Crippen MR) is 164 cm³/mol. The number of para-hydroxylation sites is 1. The smallest absolute Gasteiger partial charge is 0.338 e. The quantitative estimate of drug-likeness (QED) is 0.221. The van der Waals surface area contributed by atoms with Gasteiger partial charge in [0.15, 0.2) is 4.80 Å². The highest BCUT2D eigenvalue weighted by atomic mass is 35.5. The van der Waals surface area contributed by atoms with E-state index in [0.29, 0.717) is 37.2 Å². The van der Waals surface area contributed by atoms with E-state index in [9.17, 15) is 9.59 Å². The van der Waals surface area contributed by atoms with Crippen molar-refractivity contribution in [3.05, 3.63) is 137 Å². The van der Waals surface area contributed by atoms with Gasteiger partial charge in [-0.05, 0) is 49.2 Å². The molecule has 1 aliphatic heterocycles. The average molecular weight is 603 g/mol. The average Bonchev–Trinajstić information content (AvgIpc) is 3.46. The number of allylic oxidation sites excluding steroid dienone is 1. The molecule has 1 atom stereocenters. The van der Waals surface area contributed by atoms with E-state index < -0.39 is 12.0 Å². The maximum Gasteiger partial charge on any atom is 0.338 e. The molecule has 0 fully saturated rings. The van der Waals surface area contributed by atoms with E-state index in [1.54, 1.807) is 24.5 Å². The van der Waals surface area contributed by atoms with Crippen molar-refractivity contribution in [2.45, 2.75) is 26.4 Å². The van der Waals surface area contributed by atoms with Crippen LogP contribution in [0.3, 0.4) is 0 Å². The van der Waals surface area contributed by atoms with Crippen molar-refractivity contribution in [3.8, 4) is 0 Å². The Morgan fingerprint density at radius 3 is 2.59 bits per heavy atom. The van der Waals surface area contributed by atoms with Gasteiger partial charge in [0, 0.05) is 39.3 Å². The number of benzene rings is 3. The Labute approximate surface area is 250 Å². The van der Waals surface area contributed by atoms with E-state index in [0.717, 1.165) is 27.6 Å². The van der Waals surface area contributed by atoms with Gasteiger partial charge in [0.2, 0.25) is 0 Å². The number of nitrogens with zero attached hydrogens (tertiary/aromatic N) is 3. The van der Waals surface area contributed by atoms with Crippen molar-refractivity contribution in [2.24, 2.45) is 4.99 Å². The minimum absolute atomic E-state index is 0.213. The van der Waals surface area contributed by atoms with Crippen molar-refractivity contribution in [2.75, 3.05) is 6.61 Å². The van der Waals surface area contributed by atoms with Gasteiger partial charge in [0.25, 0.3) is 5.56 Å². The molecule has 0 radical (unpaired) electrons. The second-order valence-electron chi connectivity index (χ2n) is 9.68. The lowest BCUT2D eigenvalue weighted by atomic mass is 9.96. The molecule has 3 heterocycles. The van der Waals surface area contributed by atoms with Gasteiger partial charge in [-0.15, -0.1) is 0 Å². The molecule has 2 aromatic heterocycles. The van der Waals surface area contributed by atoms with Crippen LogP contribution in [-0.4, -0.2) is 21.7 Å². The first-order valence-corrected chi connectivity index (χ1v) is 14.7. The summed E-state index contributed by atoms with van der Waals surface area (Å²) in [6.45, 7) is 4.32. The van der Waals surface area contributed by atoms with Crippen LogP contribution in [0, 0.1) is 0 Å². The molecular formula is C32H25Cl2N3O3S. The largest absolute Gasteiger partial charge is 0.463 e. The number of fused-ring (bicyclic) bond motifs is 2. The Balaban J connectivity index is 1.51. The molecule has 1 aliphatic rings. The molecule has 9 heteroatoms. The summed E-state index contributed by atoms with van der Waals surface area (Å²) in [4.78, 5) is 32.3. The van der Waals surface area contributed by atoms with E-state index in [2.05, 4.69) is 9.56 Å². The van der Waals surface area contributed by atoms with Gasteiger partial charge < -0.3 is 9.30 Å². The number of aromatic nitrogens is 2. The van der Waals surface area contributed by atoms with Gasteiger partial charge in [-0.2, -0.15) is 0 Å². The molecule has 0 aliphatic carbocycles. The van der Waals surface area contributed by atoms with Crippen LogP contribution in [0.25, 0.3) is 17.0 Å².